The molecule has 0 aliphatic carbocycles. The van der Waals surface area contributed by atoms with Crippen molar-refractivity contribution in [3.05, 3.63) is 23.0 Å². The fourth-order valence-electron chi connectivity index (χ4n) is 4.11. The molecule has 1 amide bonds. The van der Waals surface area contributed by atoms with Crippen molar-refractivity contribution in [2.45, 2.75) is 57.6 Å². The second-order valence-electron chi connectivity index (χ2n) is 8.49. The van der Waals surface area contributed by atoms with Gasteiger partial charge in [-0.25, -0.2) is 13.8 Å². The number of H-pyrrole nitrogens is 1. The van der Waals surface area contributed by atoms with E-state index in [2.05, 4.69) is 28.7 Å². The van der Waals surface area contributed by atoms with E-state index in [0.29, 0.717) is 28.5 Å². The highest BCUT2D eigenvalue weighted by Crippen LogP contribution is 2.31. The van der Waals surface area contributed by atoms with Gasteiger partial charge in [0, 0.05) is 50.4 Å². The Morgan fingerprint density at radius 2 is 1.90 bits per heavy atom. The zero-order valence-electron chi connectivity index (χ0n) is 17.3. The van der Waals surface area contributed by atoms with Crippen LogP contribution in [0.5, 0.6) is 5.75 Å². The van der Waals surface area contributed by atoms with Crippen LogP contribution in [0.15, 0.2) is 12.1 Å². The molecule has 2 aromatic rings. The first-order chi connectivity index (χ1) is 14.2. The summed E-state index contributed by atoms with van der Waals surface area (Å²) < 4.78 is 32.8. The molecular formula is C21H27ClF2N4O2. The number of amides is 1. The van der Waals surface area contributed by atoms with Crippen molar-refractivity contribution < 1.29 is 18.3 Å². The van der Waals surface area contributed by atoms with Gasteiger partial charge in [0.05, 0.1) is 0 Å². The quantitative estimate of drug-likeness (QED) is 0.718. The average Bonchev–Trinajstić information content (AvgIpc) is 3.11. The first-order valence-corrected chi connectivity index (χ1v) is 10.9. The molecule has 0 radical (unpaired) electrons. The standard InChI is InChI=1S/C21H27ClF2N4O2/c1-13(2)27-7-3-15(4-8-27)30-17-12-14-11-16(25-19(14)26-18(17)22)20(29)28-9-5-21(23,24)6-10-28/h11-13,15H,3-10H2,1-2H3,(H,25,26). The summed E-state index contributed by atoms with van der Waals surface area (Å²) >= 11 is 6.33. The van der Waals surface area contributed by atoms with E-state index in [1.165, 1.54) is 4.90 Å². The number of aromatic nitrogens is 2. The molecule has 2 saturated heterocycles. The van der Waals surface area contributed by atoms with Crippen LogP contribution in [-0.4, -0.2) is 69.9 Å². The minimum Gasteiger partial charge on any atom is -0.487 e. The Hall–Kier alpha value is -1.93. The van der Waals surface area contributed by atoms with E-state index in [0.717, 1.165) is 25.9 Å². The maximum absolute atomic E-state index is 13.4. The number of nitrogens with one attached hydrogen (secondary N) is 1. The van der Waals surface area contributed by atoms with Gasteiger partial charge in [-0.2, -0.15) is 0 Å². The molecule has 0 bridgehead atoms. The van der Waals surface area contributed by atoms with Crippen molar-refractivity contribution in [2.75, 3.05) is 26.2 Å². The number of carbonyl (C=O) groups is 1. The van der Waals surface area contributed by atoms with Crippen LogP contribution in [0.3, 0.4) is 0 Å². The second kappa shape index (κ2) is 8.30. The fourth-order valence-corrected chi connectivity index (χ4v) is 4.29. The zero-order chi connectivity index (χ0) is 21.5. The zero-order valence-corrected chi connectivity index (χ0v) is 18.0. The predicted molar refractivity (Wildman–Crippen MR) is 112 cm³/mol. The van der Waals surface area contributed by atoms with E-state index in [1.54, 1.807) is 12.1 Å². The average molecular weight is 441 g/mol. The second-order valence-corrected chi connectivity index (χ2v) is 8.85. The number of likely N-dealkylation sites (tertiary alicyclic amines) is 2. The molecule has 0 unspecified atom stereocenters. The van der Waals surface area contributed by atoms with E-state index in [-0.39, 0.29) is 43.1 Å². The number of rotatable bonds is 4. The molecule has 0 atom stereocenters. The number of nitrogens with zero attached hydrogens (tertiary/aromatic N) is 3. The molecule has 6 nitrogen and oxygen atoms in total. The lowest BCUT2D eigenvalue weighted by Crippen LogP contribution is -2.42. The van der Waals surface area contributed by atoms with Crippen molar-refractivity contribution in [1.82, 2.24) is 19.8 Å². The Morgan fingerprint density at radius 1 is 1.23 bits per heavy atom. The topological polar surface area (TPSA) is 61.5 Å². The van der Waals surface area contributed by atoms with E-state index in [9.17, 15) is 13.6 Å². The van der Waals surface area contributed by atoms with Crippen LogP contribution in [-0.2, 0) is 0 Å². The number of hydrogen-bond donors (Lipinski definition) is 1. The van der Waals surface area contributed by atoms with Gasteiger partial charge in [0.1, 0.15) is 17.4 Å². The van der Waals surface area contributed by atoms with Crippen LogP contribution in [0, 0.1) is 0 Å². The number of aromatic amines is 1. The van der Waals surface area contributed by atoms with E-state index in [4.69, 9.17) is 16.3 Å². The maximum atomic E-state index is 13.4. The summed E-state index contributed by atoms with van der Waals surface area (Å²) in [6, 6.07) is 3.99. The van der Waals surface area contributed by atoms with Gasteiger partial charge in [-0.3, -0.25) is 4.79 Å². The summed E-state index contributed by atoms with van der Waals surface area (Å²) in [6.45, 7) is 6.42. The number of fused-ring (bicyclic) bond motifs is 1. The first-order valence-electron chi connectivity index (χ1n) is 10.5. The Labute approximate surface area is 179 Å². The van der Waals surface area contributed by atoms with Gasteiger partial charge in [0.25, 0.3) is 11.8 Å². The van der Waals surface area contributed by atoms with Crippen LogP contribution in [0.2, 0.25) is 5.15 Å². The van der Waals surface area contributed by atoms with Crippen molar-refractivity contribution in [2.24, 2.45) is 0 Å². The van der Waals surface area contributed by atoms with Gasteiger partial charge in [0.15, 0.2) is 10.9 Å². The number of alkyl halides is 2. The number of ether oxygens (including phenoxy) is 1. The Bertz CT molecular complexity index is 915. The lowest BCUT2D eigenvalue weighted by Gasteiger charge is -2.34. The summed E-state index contributed by atoms with van der Waals surface area (Å²) in [6.07, 6.45) is 1.30. The van der Waals surface area contributed by atoms with E-state index >= 15 is 0 Å². The van der Waals surface area contributed by atoms with Gasteiger partial charge < -0.3 is 19.5 Å². The highest BCUT2D eigenvalue weighted by molar-refractivity contribution is 6.31. The van der Waals surface area contributed by atoms with Gasteiger partial charge >= 0.3 is 0 Å². The molecule has 9 heteroatoms. The molecule has 2 aliphatic heterocycles. The van der Waals surface area contributed by atoms with Gasteiger partial charge in [0.2, 0.25) is 0 Å². The predicted octanol–water partition coefficient (Wildman–Crippen LogP) is 4.34. The summed E-state index contributed by atoms with van der Waals surface area (Å²) in [5.41, 5.74) is 0.800. The minimum atomic E-state index is -2.69. The number of halogens is 3. The molecule has 2 aromatic heterocycles. The number of pyridine rings is 1. The first kappa shape index (κ1) is 21.3. The SMILES string of the molecule is CC(C)N1CCC(Oc2cc3cc(C(=O)N4CCC(F)(F)CC4)[nH]c3nc2Cl)CC1. The third kappa shape index (κ3) is 4.54. The molecule has 4 rings (SSSR count). The summed E-state index contributed by atoms with van der Waals surface area (Å²) in [7, 11) is 0. The smallest absolute Gasteiger partial charge is 0.270 e. The molecule has 4 heterocycles. The van der Waals surface area contributed by atoms with Crippen LogP contribution < -0.4 is 4.74 Å². The number of carbonyl (C=O) groups excluding carboxylic acids is 1. The molecule has 164 valence electrons. The molecular weight excluding hydrogens is 414 g/mol. The van der Waals surface area contributed by atoms with E-state index in [1.807, 2.05) is 0 Å². The van der Waals surface area contributed by atoms with Gasteiger partial charge in [-0.15, -0.1) is 0 Å². The van der Waals surface area contributed by atoms with Crippen LogP contribution >= 0.6 is 11.6 Å². The summed E-state index contributed by atoms with van der Waals surface area (Å²) in [4.78, 5) is 23.9. The van der Waals surface area contributed by atoms with E-state index < -0.39 is 5.92 Å². The fraction of sp³-hybridized carbons (Fsp3) is 0.619. The molecule has 2 aliphatic rings. The maximum Gasteiger partial charge on any atom is 0.270 e. The number of piperidine rings is 2. The molecule has 2 fully saturated rings. The molecule has 0 spiro atoms. The Balaban J connectivity index is 1.46. The Morgan fingerprint density at radius 3 is 2.53 bits per heavy atom. The highest BCUT2D eigenvalue weighted by atomic mass is 35.5. The normalized spacial score (nSPS) is 20.8. The monoisotopic (exact) mass is 440 g/mol. The largest absolute Gasteiger partial charge is 0.487 e. The molecule has 0 saturated carbocycles. The van der Waals surface area contributed by atoms with Crippen molar-refractivity contribution in [3.63, 3.8) is 0 Å². The number of hydrogen-bond acceptors (Lipinski definition) is 4. The van der Waals surface area contributed by atoms with Crippen molar-refractivity contribution >= 4 is 28.5 Å². The van der Waals surface area contributed by atoms with Crippen LogP contribution in [0.1, 0.15) is 50.0 Å². The van der Waals surface area contributed by atoms with Crippen molar-refractivity contribution in [3.8, 4) is 5.75 Å². The lowest BCUT2D eigenvalue weighted by molar-refractivity contribution is -0.0495. The molecule has 0 aromatic carbocycles. The lowest BCUT2D eigenvalue weighted by atomic mass is 10.1. The third-order valence-electron chi connectivity index (χ3n) is 6.04. The summed E-state index contributed by atoms with van der Waals surface area (Å²) in [5, 5.41) is 0.951. The van der Waals surface area contributed by atoms with Gasteiger partial charge in [-0.1, -0.05) is 11.6 Å². The van der Waals surface area contributed by atoms with Crippen LogP contribution in [0.25, 0.3) is 11.0 Å². The van der Waals surface area contributed by atoms with Gasteiger partial charge in [-0.05, 0) is 38.8 Å². The Kier molecular flexibility index (Phi) is 5.90. The summed E-state index contributed by atoms with van der Waals surface area (Å²) in [5.74, 6) is -2.49. The van der Waals surface area contributed by atoms with Crippen LogP contribution in [0.4, 0.5) is 8.78 Å². The minimum absolute atomic E-state index is 0.0405. The molecule has 1 N–H and O–H groups in total. The van der Waals surface area contributed by atoms with Crippen molar-refractivity contribution in [1.29, 1.82) is 0 Å². The third-order valence-corrected chi connectivity index (χ3v) is 6.31. The molecule has 30 heavy (non-hydrogen) atoms. The highest BCUT2D eigenvalue weighted by Gasteiger charge is 2.36.